The molecule has 0 heterocycles. The van der Waals surface area contributed by atoms with Gasteiger partial charge < -0.3 is 23.2 Å². The van der Waals surface area contributed by atoms with Crippen LogP contribution in [0, 0.1) is 37.6 Å². The van der Waals surface area contributed by atoms with E-state index in [-0.39, 0.29) is 32.8 Å². The summed E-state index contributed by atoms with van der Waals surface area (Å²) in [5.41, 5.74) is 10.8. The second-order valence-electron chi connectivity index (χ2n) is 8.29. The number of unbranched alkanes of at least 4 members (excludes halogenated alkanes) is 2. The maximum absolute atomic E-state index is 13.6. The average molecular weight is 714 g/mol. The third-order valence-electron chi connectivity index (χ3n) is 5.90. The number of nitrogens with zero attached hydrogens (tertiary/aromatic N) is 1. The number of nitrogens with one attached hydrogen (secondary N) is 1. The summed E-state index contributed by atoms with van der Waals surface area (Å²) in [6, 6.07) is 21.4. The standard InChI is InChI=1S/C21H14ClFN.C9H20N.CH4O.CH3.Os/c1-3-15-13-16(9-12-21(15)23)19-11-10-18(14-20(19)22)24(2)17-7-5-4-6-8-17;1-3-5-6-7-9(4-2)8-10;1-2;;/h1,4-9,11-14H,2H3;9-10H,3-8H2,1-2H3;2H,1H3;1H3;/q2*-1;;-1;. The monoisotopic (exact) mass is 715 g/mol. The maximum Gasteiger partial charge on any atom is 0.138 e. The van der Waals surface area contributed by atoms with Crippen LogP contribution in [0.3, 0.4) is 0 Å². The normalized spacial score (nSPS) is 10.2. The SMILES string of the molecule is C#Cc1cc(-c2c[c-]c(N(C)c3ccccc3)cc2Cl)ccc1F.CCCCCC(CC)C[NH-].CO.[CH3-].[Os]. The molecule has 0 radical (unpaired) electrons. The molecule has 1 unspecified atom stereocenters. The van der Waals surface area contributed by atoms with Crippen molar-refractivity contribution in [3.8, 4) is 23.5 Å². The molecule has 2 N–H and O–H groups in total. The van der Waals surface area contributed by atoms with Crippen LogP contribution in [0.5, 0.6) is 0 Å². The molecule has 3 aromatic rings. The Balaban J connectivity index is 0. The quantitative estimate of drug-likeness (QED) is 0.137. The van der Waals surface area contributed by atoms with Crippen molar-refractivity contribution >= 4 is 23.0 Å². The van der Waals surface area contributed by atoms with Gasteiger partial charge in [0.2, 0.25) is 0 Å². The van der Waals surface area contributed by atoms with E-state index in [0.29, 0.717) is 17.5 Å². The molecule has 1 atom stereocenters. The average Bonchev–Trinajstić information content (AvgIpc) is 2.93. The number of rotatable bonds is 9. The zero-order chi connectivity index (χ0) is 26.9. The Kier molecular flexibility index (Phi) is 21.7. The number of anilines is 2. The number of hydrogen-bond donors (Lipinski definition) is 1. The summed E-state index contributed by atoms with van der Waals surface area (Å²) in [5, 5.41) is 7.56. The van der Waals surface area contributed by atoms with Crippen LogP contribution in [-0.2, 0) is 19.8 Å². The molecule has 0 amide bonds. The molecule has 210 valence electrons. The van der Waals surface area contributed by atoms with E-state index < -0.39 is 5.82 Å². The van der Waals surface area contributed by atoms with Gasteiger partial charge in [-0.3, -0.25) is 0 Å². The summed E-state index contributed by atoms with van der Waals surface area (Å²) >= 11 is 6.44. The van der Waals surface area contributed by atoms with Crippen LogP contribution in [0.4, 0.5) is 15.8 Å². The van der Waals surface area contributed by atoms with Gasteiger partial charge in [-0.05, 0) is 24.3 Å². The topological polar surface area (TPSA) is 47.3 Å². The Hall–Kier alpha value is -2.20. The third-order valence-corrected chi connectivity index (χ3v) is 6.22. The van der Waals surface area contributed by atoms with Crippen molar-refractivity contribution in [1.82, 2.24) is 0 Å². The summed E-state index contributed by atoms with van der Waals surface area (Å²) in [6.07, 6.45) is 11.8. The number of hydrogen-bond acceptors (Lipinski definition) is 2. The van der Waals surface area contributed by atoms with Crippen LogP contribution >= 0.6 is 11.6 Å². The van der Waals surface area contributed by atoms with E-state index in [1.54, 1.807) is 18.2 Å². The summed E-state index contributed by atoms with van der Waals surface area (Å²) < 4.78 is 13.6. The van der Waals surface area contributed by atoms with E-state index in [1.807, 2.05) is 48.3 Å². The minimum Gasteiger partial charge on any atom is -0.677 e. The van der Waals surface area contributed by atoms with Gasteiger partial charge in [0.05, 0.1) is 5.56 Å². The Labute approximate surface area is 248 Å². The fraction of sp³-hybridized carbons (Fsp3) is 0.344. The number of aliphatic hydroxyl groups is 1. The molecule has 38 heavy (non-hydrogen) atoms. The van der Waals surface area contributed by atoms with Crippen molar-refractivity contribution in [1.29, 1.82) is 0 Å². The van der Waals surface area contributed by atoms with Crippen molar-refractivity contribution in [3.63, 3.8) is 0 Å². The van der Waals surface area contributed by atoms with E-state index in [0.717, 1.165) is 29.6 Å². The van der Waals surface area contributed by atoms with Crippen LogP contribution < -0.4 is 4.90 Å². The van der Waals surface area contributed by atoms with Gasteiger partial charge >= 0.3 is 0 Å². The minimum atomic E-state index is -0.415. The van der Waals surface area contributed by atoms with Gasteiger partial charge in [0.15, 0.2) is 0 Å². The second kappa shape index (κ2) is 21.7. The van der Waals surface area contributed by atoms with Gasteiger partial charge in [-0.15, -0.1) is 36.2 Å². The molecule has 0 aromatic heterocycles. The molecule has 3 aromatic carbocycles. The van der Waals surface area contributed by atoms with Crippen molar-refractivity contribution < 1.29 is 29.3 Å². The number of terminal acetylenes is 1. The number of benzene rings is 3. The first-order valence-corrected chi connectivity index (χ1v) is 12.7. The van der Waals surface area contributed by atoms with E-state index >= 15 is 0 Å². The van der Waals surface area contributed by atoms with Crippen LogP contribution in [0.15, 0.2) is 60.7 Å². The number of aliphatic hydroxyl groups excluding tert-OH is 1. The molecular weight excluding hydrogens is 673 g/mol. The van der Waals surface area contributed by atoms with Crippen molar-refractivity contribution in [2.45, 2.75) is 46.0 Å². The third kappa shape index (κ3) is 12.1. The molecule has 0 aliphatic heterocycles. The molecule has 0 spiro atoms. The largest absolute Gasteiger partial charge is 0.677 e. The van der Waals surface area contributed by atoms with E-state index in [2.05, 4.69) is 25.8 Å². The van der Waals surface area contributed by atoms with Gasteiger partial charge in [0, 0.05) is 39.6 Å². The Bertz CT molecular complexity index is 1070. The molecule has 0 aliphatic rings. The molecule has 0 bridgehead atoms. The summed E-state index contributed by atoms with van der Waals surface area (Å²) in [7, 11) is 2.95. The maximum atomic E-state index is 13.6. The summed E-state index contributed by atoms with van der Waals surface area (Å²) in [5.74, 6) is 2.60. The van der Waals surface area contributed by atoms with E-state index in [4.69, 9.17) is 28.9 Å². The zero-order valence-electron chi connectivity index (χ0n) is 23.2. The smallest absolute Gasteiger partial charge is 0.138 e. The van der Waals surface area contributed by atoms with Gasteiger partial charge in [0.25, 0.3) is 0 Å². The minimum absolute atomic E-state index is 0. The van der Waals surface area contributed by atoms with E-state index in [1.165, 1.54) is 38.2 Å². The van der Waals surface area contributed by atoms with E-state index in [9.17, 15) is 4.39 Å². The molecule has 0 saturated heterocycles. The second-order valence-corrected chi connectivity index (χ2v) is 8.69. The number of halogens is 2. The first-order valence-electron chi connectivity index (χ1n) is 12.3. The molecule has 6 heteroatoms. The van der Waals surface area contributed by atoms with Gasteiger partial charge in [-0.1, -0.05) is 98.3 Å². The Morgan fingerprint density at radius 1 is 1.11 bits per heavy atom. The Morgan fingerprint density at radius 3 is 2.29 bits per heavy atom. The van der Waals surface area contributed by atoms with Crippen LogP contribution in [0.2, 0.25) is 5.02 Å². The molecule has 0 aliphatic carbocycles. The molecule has 0 saturated carbocycles. The van der Waals surface area contributed by atoms with Crippen LogP contribution in [-0.4, -0.2) is 25.8 Å². The fourth-order valence-corrected chi connectivity index (χ4v) is 3.86. The van der Waals surface area contributed by atoms with Crippen molar-refractivity contribution in [2.24, 2.45) is 5.92 Å². The fourth-order valence-electron chi connectivity index (χ4n) is 3.60. The summed E-state index contributed by atoms with van der Waals surface area (Å²) in [6.45, 7) is 5.03. The van der Waals surface area contributed by atoms with Crippen LogP contribution in [0.25, 0.3) is 16.9 Å². The Morgan fingerprint density at radius 2 is 1.76 bits per heavy atom. The number of para-hydroxylation sites is 1. The van der Waals surface area contributed by atoms with Gasteiger partial charge in [-0.25, -0.2) is 4.39 Å². The van der Waals surface area contributed by atoms with Crippen molar-refractivity contribution in [3.05, 3.63) is 96.3 Å². The molecule has 3 rings (SSSR count). The predicted molar refractivity (Wildman–Crippen MR) is 160 cm³/mol. The molecular formula is C32H41ClFN2OOs-3. The predicted octanol–water partition coefficient (Wildman–Crippen LogP) is 9.40. The first-order chi connectivity index (χ1) is 17.4. The van der Waals surface area contributed by atoms with Crippen LogP contribution in [0.1, 0.15) is 51.5 Å². The molecule has 3 nitrogen and oxygen atoms in total. The summed E-state index contributed by atoms with van der Waals surface area (Å²) in [4.78, 5) is 1.99. The van der Waals surface area contributed by atoms with Gasteiger partial charge in [-0.2, -0.15) is 12.1 Å². The first kappa shape index (κ1) is 37.9. The zero-order valence-corrected chi connectivity index (χ0v) is 26.5. The van der Waals surface area contributed by atoms with Gasteiger partial charge in [0.1, 0.15) is 5.82 Å². The molecule has 0 fully saturated rings. The van der Waals surface area contributed by atoms with Crippen molar-refractivity contribution in [2.75, 3.05) is 25.6 Å².